The number of rotatable bonds is 6. The van der Waals surface area contributed by atoms with Gasteiger partial charge in [-0.05, 0) is 29.5 Å². The number of nitrogens with one attached hydrogen (secondary N) is 1. The van der Waals surface area contributed by atoms with E-state index in [2.05, 4.69) is 10.3 Å². The van der Waals surface area contributed by atoms with Crippen LogP contribution in [-0.4, -0.2) is 23.2 Å². The summed E-state index contributed by atoms with van der Waals surface area (Å²) in [5.74, 6) is 0.477. The molecule has 2 rings (SSSR count). The lowest BCUT2D eigenvalue weighted by molar-refractivity contribution is 0.0945. The molecule has 0 aliphatic heterocycles. The third-order valence-electron chi connectivity index (χ3n) is 3.58. The van der Waals surface area contributed by atoms with Gasteiger partial charge < -0.3 is 5.32 Å². The minimum absolute atomic E-state index is 0.172. The molecule has 0 atom stereocenters. The van der Waals surface area contributed by atoms with Crippen LogP contribution in [-0.2, 0) is 5.41 Å². The highest BCUT2D eigenvalue weighted by Gasteiger charge is 2.24. The van der Waals surface area contributed by atoms with Gasteiger partial charge in [0.05, 0.1) is 5.03 Å². The Morgan fingerprint density at radius 1 is 1.30 bits per heavy atom. The number of carbonyl (C=O) groups is 1. The van der Waals surface area contributed by atoms with Crippen LogP contribution in [0.5, 0.6) is 0 Å². The van der Waals surface area contributed by atoms with E-state index in [1.165, 1.54) is 6.07 Å². The van der Waals surface area contributed by atoms with Crippen LogP contribution in [0.4, 0.5) is 4.39 Å². The predicted octanol–water partition coefficient (Wildman–Crippen LogP) is 4.04. The van der Waals surface area contributed by atoms with E-state index >= 15 is 0 Å². The van der Waals surface area contributed by atoms with Crippen molar-refractivity contribution in [2.24, 2.45) is 0 Å². The van der Waals surface area contributed by atoms with E-state index in [1.54, 1.807) is 48.3 Å². The van der Waals surface area contributed by atoms with E-state index in [9.17, 15) is 9.18 Å². The Bertz CT molecular complexity index is 688. The zero-order valence-electron chi connectivity index (χ0n) is 13.6. The summed E-state index contributed by atoms with van der Waals surface area (Å²) in [4.78, 5) is 16.5. The molecule has 3 nitrogen and oxygen atoms in total. The summed E-state index contributed by atoms with van der Waals surface area (Å²) in [6, 6.07) is 10.1. The number of halogens is 1. The van der Waals surface area contributed by atoms with Gasteiger partial charge in [-0.15, -0.1) is 11.8 Å². The van der Waals surface area contributed by atoms with E-state index in [0.717, 1.165) is 10.8 Å². The average molecular weight is 332 g/mol. The van der Waals surface area contributed by atoms with E-state index < -0.39 is 5.41 Å². The summed E-state index contributed by atoms with van der Waals surface area (Å²) in [7, 11) is 0. The van der Waals surface area contributed by atoms with Crippen molar-refractivity contribution < 1.29 is 9.18 Å². The van der Waals surface area contributed by atoms with Crippen LogP contribution < -0.4 is 5.32 Å². The molecule has 1 heterocycles. The highest BCUT2D eigenvalue weighted by molar-refractivity contribution is 7.99. The number of carbonyl (C=O) groups excluding carboxylic acids is 1. The first-order chi connectivity index (χ1) is 10.9. The molecule has 0 saturated carbocycles. The lowest BCUT2D eigenvalue weighted by Gasteiger charge is -2.26. The molecular weight excluding hydrogens is 311 g/mol. The van der Waals surface area contributed by atoms with E-state index in [4.69, 9.17) is 0 Å². The van der Waals surface area contributed by atoms with E-state index in [1.807, 2.05) is 20.8 Å². The van der Waals surface area contributed by atoms with Crippen molar-refractivity contribution in [1.82, 2.24) is 10.3 Å². The van der Waals surface area contributed by atoms with E-state index in [-0.39, 0.29) is 11.7 Å². The fraction of sp³-hybridized carbons (Fsp3) is 0.333. The number of amides is 1. The van der Waals surface area contributed by atoms with Crippen LogP contribution in [0.2, 0.25) is 0 Å². The van der Waals surface area contributed by atoms with E-state index in [0.29, 0.717) is 17.7 Å². The molecule has 0 radical (unpaired) electrons. The maximum Gasteiger partial charge on any atom is 0.251 e. The van der Waals surface area contributed by atoms with Gasteiger partial charge in [-0.2, -0.15) is 0 Å². The van der Waals surface area contributed by atoms with Crippen molar-refractivity contribution >= 4 is 17.7 Å². The van der Waals surface area contributed by atoms with Crippen molar-refractivity contribution in [2.75, 3.05) is 12.3 Å². The minimum atomic E-state index is -0.491. The molecule has 0 aliphatic rings. The molecule has 122 valence electrons. The van der Waals surface area contributed by atoms with Crippen molar-refractivity contribution in [3.63, 3.8) is 0 Å². The Labute approximate surface area is 140 Å². The van der Waals surface area contributed by atoms with Crippen LogP contribution in [0.25, 0.3) is 0 Å². The zero-order chi connectivity index (χ0) is 16.9. The van der Waals surface area contributed by atoms with Crippen molar-refractivity contribution in [1.29, 1.82) is 0 Å². The zero-order valence-corrected chi connectivity index (χ0v) is 14.4. The quantitative estimate of drug-likeness (QED) is 0.812. The molecule has 0 fully saturated rings. The number of pyridine rings is 1. The Morgan fingerprint density at radius 3 is 2.74 bits per heavy atom. The number of thioether (sulfide) groups is 1. The van der Waals surface area contributed by atoms with Gasteiger partial charge in [0.25, 0.3) is 5.91 Å². The van der Waals surface area contributed by atoms with Gasteiger partial charge in [-0.3, -0.25) is 4.79 Å². The highest BCUT2D eigenvalue weighted by atomic mass is 32.2. The van der Waals surface area contributed by atoms with Crippen LogP contribution in [0.15, 0.2) is 47.6 Å². The molecule has 1 N–H and O–H groups in total. The number of hydrogen-bond donors (Lipinski definition) is 1. The normalized spacial score (nSPS) is 11.3. The first-order valence-corrected chi connectivity index (χ1v) is 8.54. The van der Waals surface area contributed by atoms with Crippen LogP contribution >= 0.6 is 11.8 Å². The molecule has 2 aromatic rings. The molecule has 0 bridgehead atoms. The van der Waals surface area contributed by atoms with Crippen LogP contribution in [0, 0.1) is 5.82 Å². The fourth-order valence-electron chi connectivity index (χ4n) is 2.29. The molecule has 1 amide bonds. The number of nitrogens with zero attached hydrogens (tertiary/aromatic N) is 1. The first kappa shape index (κ1) is 17.5. The molecule has 23 heavy (non-hydrogen) atoms. The highest BCUT2D eigenvalue weighted by Crippen LogP contribution is 2.25. The van der Waals surface area contributed by atoms with Gasteiger partial charge in [0.15, 0.2) is 0 Å². The summed E-state index contributed by atoms with van der Waals surface area (Å²) in [5, 5.41) is 3.72. The van der Waals surface area contributed by atoms with Crippen LogP contribution in [0.1, 0.15) is 36.7 Å². The summed E-state index contributed by atoms with van der Waals surface area (Å²) >= 11 is 1.59. The average Bonchev–Trinajstić information content (AvgIpc) is 2.53. The summed E-state index contributed by atoms with van der Waals surface area (Å²) < 4.78 is 13.9. The monoisotopic (exact) mass is 332 g/mol. The standard InChI is InChI=1S/C18H21FN2OS/c1-4-23-16-11-13(9-10-20-16)17(22)21-12-18(2,3)14-7-5-6-8-15(14)19/h5-11H,4,12H2,1-3H3,(H,21,22). The van der Waals surface area contributed by atoms with Gasteiger partial charge in [0.2, 0.25) is 0 Å². The second-order valence-corrected chi connectivity index (χ2v) is 7.15. The Balaban J connectivity index is 2.06. The number of benzene rings is 1. The Hall–Kier alpha value is -1.88. The smallest absolute Gasteiger partial charge is 0.251 e. The number of aromatic nitrogens is 1. The predicted molar refractivity (Wildman–Crippen MR) is 92.4 cm³/mol. The third kappa shape index (κ3) is 4.55. The summed E-state index contributed by atoms with van der Waals surface area (Å²) in [5.41, 5.74) is 0.673. The topological polar surface area (TPSA) is 42.0 Å². The summed E-state index contributed by atoms with van der Waals surface area (Å²) in [6.07, 6.45) is 1.63. The molecular formula is C18H21FN2OS. The minimum Gasteiger partial charge on any atom is -0.351 e. The Kier molecular flexibility index (Phi) is 5.77. The van der Waals surface area contributed by atoms with Gasteiger partial charge in [-0.25, -0.2) is 9.37 Å². The second kappa shape index (κ2) is 7.59. The van der Waals surface area contributed by atoms with Crippen molar-refractivity contribution in [3.05, 3.63) is 59.5 Å². The van der Waals surface area contributed by atoms with Crippen LogP contribution in [0.3, 0.4) is 0 Å². The molecule has 0 unspecified atom stereocenters. The third-order valence-corrected chi connectivity index (χ3v) is 4.39. The lowest BCUT2D eigenvalue weighted by Crippen LogP contribution is -2.37. The second-order valence-electron chi connectivity index (χ2n) is 5.86. The fourth-order valence-corrected chi connectivity index (χ4v) is 2.93. The van der Waals surface area contributed by atoms with Crippen molar-refractivity contribution in [3.8, 4) is 0 Å². The lowest BCUT2D eigenvalue weighted by atomic mass is 9.84. The largest absolute Gasteiger partial charge is 0.351 e. The van der Waals surface area contributed by atoms with Crippen molar-refractivity contribution in [2.45, 2.75) is 31.2 Å². The summed E-state index contributed by atoms with van der Waals surface area (Å²) in [6.45, 7) is 6.22. The molecule has 5 heteroatoms. The molecule has 1 aromatic heterocycles. The van der Waals surface area contributed by atoms with Gasteiger partial charge >= 0.3 is 0 Å². The Morgan fingerprint density at radius 2 is 2.04 bits per heavy atom. The first-order valence-electron chi connectivity index (χ1n) is 7.56. The number of hydrogen-bond acceptors (Lipinski definition) is 3. The molecule has 0 spiro atoms. The maximum absolute atomic E-state index is 13.9. The maximum atomic E-state index is 13.9. The molecule has 0 aliphatic carbocycles. The SMILES string of the molecule is CCSc1cc(C(=O)NCC(C)(C)c2ccccc2F)ccn1. The van der Waals surface area contributed by atoms with Gasteiger partial charge in [-0.1, -0.05) is 39.0 Å². The van der Waals surface area contributed by atoms with Gasteiger partial charge in [0, 0.05) is 23.7 Å². The molecule has 1 aromatic carbocycles. The molecule has 0 saturated heterocycles. The van der Waals surface area contributed by atoms with Gasteiger partial charge in [0.1, 0.15) is 5.82 Å².